The molecule has 96 valence electrons. The van der Waals surface area contributed by atoms with E-state index in [0.29, 0.717) is 6.54 Å². The van der Waals surface area contributed by atoms with Crippen LogP contribution in [0.1, 0.15) is 32.4 Å². The van der Waals surface area contributed by atoms with E-state index < -0.39 is 0 Å². The molecule has 2 atom stereocenters. The Labute approximate surface area is 103 Å². The third-order valence-electron chi connectivity index (χ3n) is 3.19. The predicted octanol–water partition coefficient (Wildman–Crippen LogP) is 1.78. The van der Waals surface area contributed by atoms with Crippen LogP contribution in [-0.2, 0) is 4.74 Å². The second-order valence-corrected chi connectivity index (χ2v) is 5.43. The Morgan fingerprint density at radius 3 is 2.88 bits per heavy atom. The van der Waals surface area contributed by atoms with Crippen molar-refractivity contribution in [1.29, 1.82) is 0 Å². The fourth-order valence-electron chi connectivity index (χ4n) is 2.70. The second kappa shape index (κ2) is 4.80. The quantitative estimate of drug-likeness (QED) is 0.872. The third-order valence-corrected chi connectivity index (χ3v) is 3.19. The highest BCUT2D eigenvalue weighted by Gasteiger charge is 2.34. The van der Waals surface area contributed by atoms with Gasteiger partial charge in [-0.05, 0) is 26.8 Å². The van der Waals surface area contributed by atoms with Crippen molar-refractivity contribution >= 4 is 0 Å². The zero-order valence-corrected chi connectivity index (χ0v) is 10.8. The zero-order valence-electron chi connectivity index (χ0n) is 10.8. The Morgan fingerprint density at radius 1 is 1.59 bits per heavy atom. The molecule has 0 radical (unpaired) electrons. The molecule has 0 aliphatic carbocycles. The summed E-state index contributed by atoms with van der Waals surface area (Å²) in [5, 5.41) is 0. The zero-order chi connectivity index (χ0) is 12.5. The highest BCUT2D eigenvalue weighted by Crippen LogP contribution is 2.28. The van der Waals surface area contributed by atoms with Crippen LogP contribution < -0.4 is 5.73 Å². The van der Waals surface area contributed by atoms with Crippen LogP contribution in [0.15, 0.2) is 23.0 Å². The second-order valence-electron chi connectivity index (χ2n) is 5.43. The maximum Gasteiger partial charge on any atom is 0.0950 e. The number of furan rings is 1. The number of ether oxygens (including phenoxy) is 1. The van der Waals surface area contributed by atoms with Crippen LogP contribution >= 0.6 is 0 Å². The molecule has 2 unspecified atom stereocenters. The fourth-order valence-corrected chi connectivity index (χ4v) is 2.70. The lowest BCUT2D eigenvalue weighted by Crippen LogP contribution is -2.53. The van der Waals surface area contributed by atoms with Crippen molar-refractivity contribution in [3.05, 3.63) is 24.2 Å². The molecule has 1 aliphatic rings. The van der Waals surface area contributed by atoms with E-state index in [-0.39, 0.29) is 17.7 Å². The van der Waals surface area contributed by atoms with Crippen LogP contribution in [0.5, 0.6) is 0 Å². The molecule has 4 nitrogen and oxygen atoms in total. The van der Waals surface area contributed by atoms with Crippen molar-refractivity contribution in [2.45, 2.75) is 38.5 Å². The van der Waals surface area contributed by atoms with Crippen LogP contribution in [-0.4, -0.2) is 36.2 Å². The van der Waals surface area contributed by atoms with Gasteiger partial charge in [-0.1, -0.05) is 0 Å². The van der Waals surface area contributed by atoms with E-state index in [1.165, 1.54) is 0 Å². The molecule has 2 N–H and O–H groups in total. The minimum absolute atomic E-state index is 0.116. The highest BCUT2D eigenvalue weighted by molar-refractivity contribution is 5.13. The van der Waals surface area contributed by atoms with E-state index in [4.69, 9.17) is 14.9 Å². The molecule has 1 aromatic heterocycles. The normalized spacial score (nSPS) is 26.9. The molecule has 0 spiro atoms. The Bertz CT molecular complexity index is 348. The van der Waals surface area contributed by atoms with Crippen LogP contribution in [0, 0.1) is 0 Å². The topological polar surface area (TPSA) is 51.6 Å². The first-order valence-corrected chi connectivity index (χ1v) is 6.16. The predicted molar refractivity (Wildman–Crippen MR) is 66.7 cm³/mol. The maximum atomic E-state index is 5.91. The molecule has 1 aliphatic heterocycles. The van der Waals surface area contributed by atoms with Crippen molar-refractivity contribution in [2.24, 2.45) is 5.73 Å². The Hall–Kier alpha value is -0.840. The number of nitrogens with zero attached hydrogens (tertiary/aromatic N) is 1. The summed E-state index contributed by atoms with van der Waals surface area (Å²) in [6.07, 6.45) is 3.72. The molecular weight excluding hydrogens is 216 g/mol. The molecule has 1 saturated heterocycles. The lowest BCUT2D eigenvalue weighted by atomic mass is 10.0. The number of nitrogens with two attached hydrogens (primary N) is 1. The van der Waals surface area contributed by atoms with Crippen LogP contribution in [0.3, 0.4) is 0 Å². The molecule has 0 aromatic carbocycles. The molecule has 4 heteroatoms. The van der Waals surface area contributed by atoms with E-state index in [9.17, 15) is 0 Å². The fraction of sp³-hybridized carbons (Fsp3) is 0.692. The Morgan fingerprint density at radius 2 is 2.35 bits per heavy atom. The average molecular weight is 238 g/mol. The first-order chi connectivity index (χ1) is 8.02. The summed E-state index contributed by atoms with van der Waals surface area (Å²) in [6.45, 7) is 8.76. The van der Waals surface area contributed by atoms with Gasteiger partial charge in [0.15, 0.2) is 0 Å². The lowest BCUT2D eigenvalue weighted by molar-refractivity contribution is -0.137. The molecule has 17 heavy (non-hydrogen) atoms. The lowest BCUT2D eigenvalue weighted by Gasteiger charge is -2.44. The van der Waals surface area contributed by atoms with Gasteiger partial charge in [-0.25, -0.2) is 0 Å². The smallest absolute Gasteiger partial charge is 0.0950 e. The Kier molecular flexibility index (Phi) is 3.56. The summed E-state index contributed by atoms with van der Waals surface area (Å²) in [6, 6.07) is 2.21. The van der Waals surface area contributed by atoms with Gasteiger partial charge in [0.25, 0.3) is 0 Å². The third kappa shape index (κ3) is 2.89. The first kappa shape index (κ1) is 12.6. The van der Waals surface area contributed by atoms with Gasteiger partial charge in [0.05, 0.1) is 30.3 Å². The summed E-state index contributed by atoms with van der Waals surface area (Å²) in [4.78, 5) is 2.39. The molecule has 1 aromatic rings. The molecule has 0 amide bonds. The van der Waals surface area contributed by atoms with E-state index in [2.05, 4.69) is 25.7 Å². The number of hydrogen-bond donors (Lipinski definition) is 1. The van der Waals surface area contributed by atoms with Gasteiger partial charge < -0.3 is 14.9 Å². The van der Waals surface area contributed by atoms with Crippen LogP contribution in [0.25, 0.3) is 0 Å². The van der Waals surface area contributed by atoms with E-state index in [0.717, 1.165) is 18.7 Å². The largest absolute Gasteiger partial charge is 0.472 e. The molecule has 1 fully saturated rings. The standard InChI is InChI=1S/C13H22N2O2/c1-10-7-15(9-13(2,3)17-10)12(6-14)11-4-5-16-8-11/h4-5,8,10,12H,6-7,9,14H2,1-3H3. The van der Waals surface area contributed by atoms with Gasteiger partial charge in [-0.2, -0.15) is 0 Å². The molecule has 2 rings (SSSR count). The van der Waals surface area contributed by atoms with E-state index >= 15 is 0 Å². The molecular formula is C13H22N2O2. The highest BCUT2D eigenvalue weighted by atomic mass is 16.5. The van der Waals surface area contributed by atoms with Crippen LogP contribution in [0.2, 0.25) is 0 Å². The number of rotatable bonds is 3. The van der Waals surface area contributed by atoms with Gasteiger partial charge >= 0.3 is 0 Å². The van der Waals surface area contributed by atoms with Gasteiger partial charge in [0.1, 0.15) is 0 Å². The molecule has 2 heterocycles. The summed E-state index contributed by atoms with van der Waals surface area (Å²) in [5.41, 5.74) is 6.94. The van der Waals surface area contributed by atoms with Gasteiger partial charge in [-0.3, -0.25) is 4.90 Å². The minimum Gasteiger partial charge on any atom is -0.472 e. The number of morpholine rings is 1. The summed E-state index contributed by atoms with van der Waals surface area (Å²) >= 11 is 0. The van der Waals surface area contributed by atoms with Crippen molar-refractivity contribution in [3.63, 3.8) is 0 Å². The summed E-state index contributed by atoms with van der Waals surface area (Å²) < 4.78 is 11.1. The monoisotopic (exact) mass is 238 g/mol. The van der Waals surface area contributed by atoms with Gasteiger partial charge in [0, 0.05) is 25.2 Å². The minimum atomic E-state index is -0.116. The SMILES string of the molecule is CC1CN(C(CN)c2ccoc2)CC(C)(C)O1. The molecule has 0 bridgehead atoms. The maximum absolute atomic E-state index is 5.91. The number of hydrogen-bond acceptors (Lipinski definition) is 4. The summed E-state index contributed by atoms with van der Waals surface area (Å²) in [7, 11) is 0. The van der Waals surface area contributed by atoms with Crippen molar-refractivity contribution in [1.82, 2.24) is 4.90 Å². The Balaban J connectivity index is 2.14. The van der Waals surface area contributed by atoms with Gasteiger partial charge in [-0.15, -0.1) is 0 Å². The first-order valence-electron chi connectivity index (χ1n) is 6.16. The van der Waals surface area contributed by atoms with Crippen molar-refractivity contribution in [2.75, 3.05) is 19.6 Å². The van der Waals surface area contributed by atoms with Crippen molar-refractivity contribution in [3.8, 4) is 0 Å². The van der Waals surface area contributed by atoms with Crippen molar-refractivity contribution < 1.29 is 9.15 Å². The average Bonchev–Trinajstić information content (AvgIpc) is 2.68. The molecule has 0 saturated carbocycles. The summed E-state index contributed by atoms with van der Waals surface area (Å²) in [5.74, 6) is 0. The van der Waals surface area contributed by atoms with Gasteiger partial charge in [0.2, 0.25) is 0 Å². The van der Waals surface area contributed by atoms with E-state index in [1.807, 2.05) is 6.07 Å². The van der Waals surface area contributed by atoms with Crippen LogP contribution in [0.4, 0.5) is 0 Å². The van der Waals surface area contributed by atoms with E-state index in [1.54, 1.807) is 12.5 Å².